The Labute approximate surface area is 142 Å². The van der Waals surface area contributed by atoms with E-state index in [1.807, 2.05) is 42.5 Å². The lowest BCUT2D eigenvalue weighted by Crippen LogP contribution is -2.25. The largest absolute Gasteiger partial charge is 0.497 e. The lowest BCUT2D eigenvalue weighted by Gasteiger charge is -2.19. The molecule has 1 fully saturated rings. The van der Waals surface area contributed by atoms with Gasteiger partial charge >= 0.3 is 0 Å². The fourth-order valence-electron chi connectivity index (χ4n) is 2.97. The molecule has 0 saturated carbocycles. The Morgan fingerprint density at radius 1 is 1.21 bits per heavy atom. The molecule has 1 aliphatic heterocycles. The summed E-state index contributed by atoms with van der Waals surface area (Å²) in [4.78, 5) is 14.8. The van der Waals surface area contributed by atoms with Crippen LogP contribution in [0.3, 0.4) is 0 Å². The van der Waals surface area contributed by atoms with Crippen LogP contribution >= 0.6 is 0 Å². The Balaban J connectivity index is 1.70. The first kappa shape index (κ1) is 16.2. The number of amides is 1. The van der Waals surface area contributed by atoms with Gasteiger partial charge in [-0.15, -0.1) is 0 Å². The summed E-state index contributed by atoms with van der Waals surface area (Å²) >= 11 is 0. The van der Waals surface area contributed by atoms with Gasteiger partial charge in [-0.2, -0.15) is 0 Å². The third-order valence-corrected chi connectivity index (χ3v) is 4.34. The molecule has 126 valence electrons. The fourth-order valence-corrected chi connectivity index (χ4v) is 2.97. The van der Waals surface area contributed by atoms with Crippen molar-refractivity contribution in [2.45, 2.75) is 19.4 Å². The van der Waals surface area contributed by atoms with Crippen LogP contribution in [-0.4, -0.2) is 26.1 Å². The first-order valence-corrected chi connectivity index (χ1v) is 8.23. The highest BCUT2D eigenvalue weighted by molar-refractivity contribution is 6.00. The second-order valence-electron chi connectivity index (χ2n) is 6.00. The van der Waals surface area contributed by atoms with Crippen LogP contribution in [0.15, 0.2) is 42.5 Å². The molecule has 24 heavy (non-hydrogen) atoms. The van der Waals surface area contributed by atoms with Gasteiger partial charge in [-0.3, -0.25) is 4.79 Å². The zero-order valence-corrected chi connectivity index (χ0v) is 13.9. The number of rotatable bonds is 5. The molecule has 0 aromatic heterocycles. The number of ether oxygens (including phenoxy) is 1. The molecule has 3 N–H and O–H groups in total. The number of nitrogens with one attached hydrogen (secondary N) is 1. The van der Waals surface area contributed by atoms with E-state index >= 15 is 0 Å². The molecule has 0 radical (unpaired) electrons. The fraction of sp³-hybridized carbons (Fsp3) is 0.316. The summed E-state index contributed by atoms with van der Waals surface area (Å²) < 4.78 is 5.20. The van der Waals surface area contributed by atoms with Crippen molar-refractivity contribution < 1.29 is 9.53 Å². The molecule has 0 unspecified atom stereocenters. The monoisotopic (exact) mass is 325 g/mol. The van der Waals surface area contributed by atoms with Gasteiger partial charge in [-0.1, -0.05) is 12.1 Å². The molecular weight excluding hydrogens is 302 g/mol. The van der Waals surface area contributed by atoms with Gasteiger partial charge in [-0.05, 0) is 48.7 Å². The maximum atomic E-state index is 12.5. The average Bonchev–Trinajstić information content (AvgIpc) is 3.15. The molecule has 0 aliphatic carbocycles. The number of benzene rings is 2. The maximum Gasteiger partial charge on any atom is 0.253 e. The normalized spacial score (nSPS) is 13.8. The predicted molar refractivity (Wildman–Crippen MR) is 96.5 cm³/mol. The van der Waals surface area contributed by atoms with E-state index in [1.165, 1.54) is 12.8 Å². The SMILES string of the molecule is COc1cccc(CNC(=O)c2cc(N3CCCC3)ccc2N)c1. The molecule has 0 atom stereocenters. The Morgan fingerprint density at radius 2 is 2.00 bits per heavy atom. The molecular formula is C19H23N3O2. The molecule has 1 aliphatic rings. The maximum absolute atomic E-state index is 12.5. The van der Waals surface area contributed by atoms with Crippen molar-refractivity contribution in [3.05, 3.63) is 53.6 Å². The minimum Gasteiger partial charge on any atom is -0.497 e. The summed E-state index contributed by atoms with van der Waals surface area (Å²) in [5.74, 6) is 0.619. The number of nitrogens with zero attached hydrogens (tertiary/aromatic N) is 1. The van der Waals surface area contributed by atoms with Crippen molar-refractivity contribution in [1.82, 2.24) is 5.32 Å². The first-order chi connectivity index (χ1) is 11.7. The van der Waals surface area contributed by atoms with Gasteiger partial charge in [0.25, 0.3) is 5.91 Å². The van der Waals surface area contributed by atoms with Gasteiger partial charge in [0.2, 0.25) is 0 Å². The summed E-state index contributed by atoms with van der Waals surface area (Å²) in [6.07, 6.45) is 2.39. The number of nitrogens with two attached hydrogens (primary N) is 1. The van der Waals surface area contributed by atoms with Crippen LogP contribution in [0.1, 0.15) is 28.8 Å². The van der Waals surface area contributed by atoms with Crippen molar-refractivity contribution in [2.24, 2.45) is 0 Å². The topological polar surface area (TPSA) is 67.6 Å². The molecule has 0 bridgehead atoms. The average molecular weight is 325 g/mol. The lowest BCUT2D eigenvalue weighted by atomic mass is 10.1. The number of anilines is 2. The van der Waals surface area contributed by atoms with Crippen molar-refractivity contribution in [3.63, 3.8) is 0 Å². The van der Waals surface area contributed by atoms with E-state index in [2.05, 4.69) is 10.2 Å². The second-order valence-corrected chi connectivity index (χ2v) is 6.00. The number of methoxy groups -OCH3 is 1. The van der Waals surface area contributed by atoms with Crippen LogP contribution in [-0.2, 0) is 6.54 Å². The van der Waals surface area contributed by atoms with E-state index in [1.54, 1.807) is 7.11 Å². The summed E-state index contributed by atoms with van der Waals surface area (Å²) in [6, 6.07) is 13.3. The first-order valence-electron chi connectivity index (χ1n) is 8.23. The molecule has 1 saturated heterocycles. The van der Waals surface area contributed by atoms with Crippen LogP contribution in [0.2, 0.25) is 0 Å². The highest BCUT2D eigenvalue weighted by atomic mass is 16.5. The van der Waals surface area contributed by atoms with Crippen molar-refractivity contribution in [1.29, 1.82) is 0 Å². The van der Waals surface area contributed by atoms with Crippen molar-refractivity contribution in [3.8, 4) is 5.75 Å². The lowest BCUT2D eigenvalue weighted by molar-refractivity contribution is 0.0952. The van der Waals surface area contributed by atoms with Crippen LogP contribution < -0.4 is 20.7 Å². The van der Waals surface area contributed by atoms with E-state index < -0.39 is 0 Å². The molecule has 2 aromatic rings. The second kappa shape index (κ2) is 7.25. The molecule has 1 heterocycles. The van der Waals surface area contributed by atoms with E-state index in [0.717, 1.165) is 30.1 Å². The van der Waals surface area contributed by atoms with E-state index in [0.29, 0.717) is 17.8 Å². The van der Waals surface area contributed by atoms with Gasteiger partial charge in [-0.25, -0.2) is 0 Å². The summed E-state index contributed by atoms with van der Waals surface area (Å²) in [5, 5.41) is 2.93. The van der Waals surface area contributed by atoms with Gasteiger partial charge < -0.3 is 20.7 Å². The third kappa shape index (κ3) is 3.62. The number of carbonyl (C=O) groups excluding carboxylic acids is 1. The molecule has 5 heteroatoms. The number of hydrogen-bond acceptors (Lipinski definition) is 4. The quantitative estimate of drug-likeness (QED) is 0.830. The number of nitrogen functional groups attached to an aromatic ring is 1. The summed E-state index contributed by atoms with van der Waals surface area (Å²) in [6.45, 7) is 2.51. The number of hydrogen-bond donors (Lipinski definition) is 2. The van der Waals surface area contributed by atoms with E-state index in [9.17, 15) is 4.79 Å². The Bertz CT molecular complexity index is 724. The van der Waals surface area contributed by atoms with Crippen molar-refractivity contribution in [2.75, 3.05) is 30.8 Å². The molecule has 2 aromatic carbocycles. The third-order valence-electron chi connectivity index (χ3n) is 4.34. The van der Waals surface area contributed by atoms with Crippen LogP contribution in [0.5, 0.6) is 5.75 Å². The minimum absolute atomic E-state index is 0.156. The molecule has 0 spiro atoms. The number of carbonyl (C=O) groups is 1. The van der Waals surface area contributed by atoms with Gasteiger partial charge in [0.1, 0.15) is 5.75 Å². The van der Waals surface area contributed by atoms with Crippen LogP contribution in [0.25, 0.3) is 0 Å². The molecule has 3 rings (SSSR count). The van der Waals surface area contributed by atoms with E-state index in [4.69, 9.17) is 10.5 Å². The van der Waals surface area contributed by atoms with Gasteiger partial charge in [0.15, 0.2) is 0 Å². The Hall–Kier alpha value is -2.69. The summed E-state index contributed by atoms with van der Waals surface area (Å²) in [7, 11) is 1.63. The van der Waals surface area contributed by atoms with Crippen molar-refractivity contribution >= 4 is 17.3 Å². The Morgan fingerprint density at radius 3 is 2.75 bits per heavy atom. The minimum atomic E-state index is -0.156. The molecule has 1 amide bonds. The zero-order valence-electron chi connectivity index (χ0n) is 13.9. The predicted octanol–water partition coefficient (Wildman–Crippen LogP) is 2.81. The van der Waals surface area contributed by atoms with E-state index in [-0.39, 0.29) is 5.91 Å². The van der Waals surface area contributed by atoms with Crippen LogP contribution in [0.4, 0.5) is 11.4 Å². The smallest absolute Gasteiger partial charge is 0.253 e. The highest BCUT2D eigenvalue weighted by Crippen LogP contribution is 2.24. The summed E-state index contributed by atoms with van der Waals surface area (Å²) in [5.41, 5.74) is 9.08. The zero-order chi connectivity index (χ0) is 16.9. The molecule has 5 nitrogen and oxygen atoms in total. The van der Waals surface area contributed by atoms with Gasteiger partial charge in [0.05, 0.1) is 12.7 Å². The highest BCUT2D eigenvalue weighted by Gasteiger charge is 2.16. The van der Waals surface area contributed by atoms with Gasteiger partial charge in [0, 0.05) is 31.0 Å². The standard InChI is InChI=1S/C19H23N3O2/c1-24-16-6-4-5-14(11-16)13-21-19(23)17-12-15(7-8-18(17)20)22-9-2-3-10-22/h4-8,11-12H,2-3,9-10,13,20H2,1H3,(H,21,23). The Kier molecular flexibility index (Phi) is 4.89. The van der Waals surface area contributed by atoms with Crippen LogP contribution in [0, 0.1) is 0 Å².